The Bertz CT molecular complexity index is 704. The number of nitrogens with one attached hydrogen (secondary N) is 2. The van der Waals surface area contributed by atoms with Crippen LogP contribution in [0.2, 0.25) is 5.02 Å². The van der Waals surface area contributed by atoms with Gasteiger partial charge in [-0.3, -0.25) is 4.79 Å². The molecular weight excluding hydrogens is 280 g/mol. The second kappa shape index (κ2) is 4.52. The zero-order chi connectivity index (χ0) is 14.3. The topological polar surface area (TPSA) is 82.2 Å². The van der Waals surface area contributed by atoms with E-state index in [-0.39, 0.29) is 12.3 Å². The largest absolute Gasteiger partial charge is 0.480 e. The first-order valence-electron chi connectivity index (χ1n) is 6.30. The fourth-order valence-corrected chi connectivity index (χ4v) is 2.47. The van der Waals surface area contributed by atoms with Gasteiger partial charge in [0.15, 0.2) is 0 Å². The van der Waals surface area contributed by atoms with Gasteiger partial charge in [0.2, 0.25) is 5.91 Å². The Morgan fingerprint density at radius 3 is 2.80 bits per heavy atom. The smallest absolute Gasteiger partial charge is 0.329 e. The van der Waals surface area contributed by atoms with Crippen LogP contribution >= 0.6 is 11.6 Å². The summed E-state index contributed by atoms with van der Waals surface area (Å²) in [6.45, 7) is 0. The molecule has 3 rings (SSSR count). The summed E-state index contributed by atoms with van der Waals surface area (Å²) in [5, 5.41) is 13.1. The minimum Gasteiger partial charge on any atom is -0.480 e. The molecule has 1 aromatic carbocycles. The van der Waals surface area contributed by atoms with Gasteiger partial charge >= 0.3 is 5.97 Å². The van der Waals surface area contributed by atoms with Gasteiger partial charge in [0.25, 0.3) is 0 Å². The number of hydrogen-bond acceptors (Lipinski definition) is 2. The molecule has 1 heterocycles. The molecule has 104 valence electrons. The van der Waals surface area contributed by atoms with Gasteiger partial charge in [0.05, 0.1) is 6.42 Å². The quantitative estimate of drug-likeness (QED) is 0.807. The number of carbonyl (C=O) groups is 2. The molecule has 1 aromatic heterocycles. The fourth-order valence-electron chi connectivity index (χ4n) is 2.30. The van der Waals surface area contributed by atoms with Crippen molar-refractivity contribution in [2.75, 3.05) is 0 Å². The van der Waals surface area contributed by atoms with E-state index in [1.807, 2.05) is 6.07 Å². The van der Waals surface area contributed by atoms with E-state index in [4.69, 9.17) is 16.7 Å². The summed E-state index contributed by atoms with van der Waals surface area (Å²) in [5.41, 5.74) is 0.665. The van der Waals surface area contributed by atoms with Crippen LogP contribution in [0.4, 0.5) is 0 Å². The summed E-state index contributed by atoms with van der Waals surface area (Å²) in [4.78, 5) is 26.1. The van der Waals surface area contributed by atoms with E-state index < -0.39 is 11.5 Å². The lowest BCUT2D eigenvalue weighted by Crippen LogP contribution is -2.43. The molecule has 0 atom stereocenters. The zero-order valence-electron chi connectivity index (χ0n) is 10.6. The Balaban J connectivity index is 1.78. The summed E-state index contributed by atoms with van der Waals surface area (Å²) >= 11 is 5.95. The SMILES string of the molecule is O=C(Cc1c[nH]c2ccc(Cl)cc12)NC1(C(=O)O)CC1. The molecular formula is C14H13ClN2O3. The monoisotopic (exact) mass is 292 g/mol. The van der Waals surface area contributed by atoms with E-state index in [2.05, 4.69) is 10.3 Å². The van der Waals surface area contributed by atoms with Crippen molar-refractivity contribution in [2.45, 2.75) is 24.8 Å². The molecule has 1 aliphatic carbocycles. The van der Waals surface area contributed by atoms with Crippen molar-refractivity contribution in [3.8, 4) is 0 Å². The van der Waals surface area contributed by atoms with Crippen LogP contribution in [-0.2, 0) is 16.0 Å². The summed E-state index contributed by atoms with van der Waals surface area (Å²) in [6, 6.07) is 5.41. The highest BCUT2D eigenvalue weighted by molar-refractivity contribution is 6.31. The van der Waals surface area contributed by atoms with Crippen LogP contribution < -0.4 is 5.32 Å². The first-order valence-corrected chi connectivity index (χ1v) is 6.68. The van der Waals surface area contributed by atoms with Gasteiger partial charge < -0.3 is 15.4 Å². The predicted octanol–water partition coefficient (Wildman–Crippen LogP) is 2.10. The van der Waals surface area contributed by atoms with Crippen molar-refractivity contribution >= 4 is 34.4 Å². The number of benzene rings is 1. The Morgan fingerprint density at radius 2 is 2.15 bits per heavy atom. The second-order valence-electron chi connectivity index (χ2n) is 5.12. The van der Waals surface area contributed by atoms with Gasteiger partial charge in [0, 0.05) is 22.1 Å². The maximum Gasteiger partial charge on any atom is 0.329 e. The number of H-pyrrole nitrogens is 1. The van der Waals surface area contributed by atoms with Gasteiger partial charge in [-0.1, -0.05) is 11.6 Å². The van der Waals surface area contributed by atoms with Crippen LogP contribution in [0.25, 0.3) is 10.9 Å². The normalized spacial score (nSPS) is 16.1. The Labute approximate surface area is 119 Å². The number of amides is 1. The van der Waals surface area contributed by atoms with Gasteiger partial charge in [-0.2, -0.15) is 0 Å². The van der Waals surface area contributed by atoms with Crippen LogP contribution in [0.1, 0.15) is 18.4 Å². The molecule has 1 amide bonds. The highest BCUT2D eigenvalue weighted by atomic mass is 35.5. The number of carboxylic acids is 1. The molecule has 5 nitrogen and oxygen atoms in total. The van der Waals surface area contributed by atoms with Crippen molar-refractivity contribution < 1.29 is 14.7 Å². The van der Waals surface area contributed by atoms with Gasteiger partial charge in [-0.05, 0) is 36.6 Å². The molecule has 2 aromatic rings. The number of fused-ring (bicyclic) bond motifs is 1. The molecule has 0 saturated heterocycles. The number of carbonyl (C=O) groups excluding carboxylic acids is 1. The summed E-state index contributed by atoms with van der Waals surface area (Å²) in [6.07, 6.45) is 2.87. The number of carboxylic acid groups (broad SMARTS) is 1. The summed E-state index contributed by atoms with van der Waals surface area (Å²) < 4.78 is 0. The van der Waals surface area contributed by atoms with Crippen molar-refractivity contribution in [1.82, 2.24) is 10.3 Å². The number of aromatic amines is 1. The van der Waals surface area contributed by atoms with E-state index in [0.29, 0.717) is 17.9 Å². The summed E-state index contributed by atoms with van der Waals surface area (Å²) in [5.74, 6) is -1.25. The van der Waals surface area contributed by atoms with E-state index in [1.165, 1.54) is 0 Å². The van der Waals surface area contributed by atoms with E-state index >= 15 is 0 Å². The van der Waals surface area contributed by atoms with Crippen LogP contribution in [-0.4, -0.2) is 27.5 Å². The highest BCUT2D eigenvalue weighted by Crippen LogP contribution is 2.35. The van der Waals surface area contributed by atoms with Crippen molar-refractivity contribution in [2.24, 2.45) is 0 Å². The van der Waals surface area contributed by atoms with Crippen LogP contribution in [0.3, 0.4) is 0 Å². The third kappa shape index (κ3) is 2.25. The Hall–Kier alpha value is -2.01. The Morgan fingerprint density at radius 1 is 1.40 bits per heavy atom. The van der Waals surface area contributed by atoms with Gasteiger partial charge in [-0.25, -0.2) is 4.79 Å². The number of aromatic nitrogens is 1. The minimum absolute atomic E-state index is 0.134. The lowest BCUT2D eigenvalue weighted by Gasteiger charge is -2.11. The molecule has 0 bridgehead atoms. The number of rotatable bonds is 4. The van der Waals surface area contributed by atoms with E-state index in [0.717, 1.165) is 16.5 Å². The molecule has 0 spiro atoms. The second-order valence-corrected chi connectivity index (χ2v) is 5.55. The zero-order valence-corrected chi connectivity index (χ0v) is 11.3. The van der Waals surface area contributed by atoms with Gasteiger partial charge in [-0.15, -0.1) is 0 Å². The minimum atomic E-state index is -1.04. The third-order valence-electron chi connectivity index (χ3n) is 3.62. The average molecular weight is 293 g/mol. The Kier molecular flexibility index (Phi) is 2.94. The molecule has 1 fully saturated rings. The van der Waals surface area contributed by atoms with Crippen molar-refractivity contribution in [1.29, 1.82) is 0 Å². The molecule has 6 heteroatoms. The molecule has 1 saturated carbocycles. The number of aliphatic carboxylic acids is 1. The van der Waals surface area contributed by atoms with Gasteiger partial charge in [0.1, 0.15) is 5.54 Å². The predicted molar refractivity (Wildman–Crippen MR) is 74.8 cm³/mol. The number of halogens is 1. The maximum absolute atomic E-state index is 12.0. The maximum atomic E-state index is 12.0. The lowest BCUT2D eigenvalue weighted by atomic mass is 10.1. The average Bonchev–Trinajstić information content (AvgIpc) is 3.07. The van der Waals surface area contributed by atoms with E-state index in [9.17, 15) is 9.59 Å². The summed E-state index contributed by atoms with van der Waals surface area (Å²) in [7, 11) is 0. The van der Waals surface area contributed by atoms with Crippen LogP contribution in [0.5, 0.6) is 0 Å². The van der Waals surface area contributed by atoms with Crippen LogP contribution in [0.15, 0.2) is 24.4 Å². The molecule has 0 aliphatic heterocycles. The van der Waals surface area contributed by atoms with Crippen molar-refractivity contribution in [3.05, 3.63) is 35.0 Å². The van der Waals surface area contributed by atoms with E-state index in [1.54, 1.807) is 18.3 Å². The molecule has 3 N–H and O–H groups in total. The highest BCUT2D eigenvalue weighted by Gasteiger charge is 2.51. The number of hydrogen-bond donors (Lipinski definition) is 3. The van der Waals surface area contributed by atoms with Crippen molar-refractivity contribution in [3.63, 3.8) is 0 Å². The first kappa shape index (κ1) is 13.0. The lowest BCUT2D eigenvalue weighted by molar-refractivity contribution is -0.143. The molecule has 0 radical (unpaired) electrons. The molecule has 20 heavy (non-hydrogen) atoms. The van der Waals surface area contributed by atoms with Crippen LogP contribution in [0, 0.1) is 0 Å². The molecule has 1 aliphatic rings. The first-order chi connectivity index (χ1) is 9.50. The standard InChI is InChI=1S/C14H13ClN2O3/c15-9-1-2-11-10(6-9)8(7-16-11)5-12(18)17-14(3-4-14)13(19)20/h1-2,6-7,16H,3-5H2,(H,17,18)(H,19,20). The third-order valence-corrected chi connectivity index (χ3v) is 3.85. The fraction of sp³-hybridized carbons (Fsp3) is 0.286. The molecule has 0 unspecified atom stereocenters.